The van der Waals surface area contributed by atoms with E-state index in [4.69, 9.17) is 0 Å². The summed E-state index contributed by atoms with van der Waals surface area (Å²) in [5.74, 6) is -0.303. The number of rotatable bonds is 2. The number of aromatic amines is 1. The Balaban J connectivity index is 2.14. The second kappa shape index (κ2) is 3.93. The Hall–Kier alpha value is -2.51. The summed E-state index contributed by atoms with van der Waals surface area (Å²) >= 11 is 0. The molecule has 0 unspecified atom stereocenters. The first-order valence-corrected chi connectivity index (χ1v) is 4.39. The summed E-state index contributed by atoms with van der Waals surface area (Å²) < 4.78 is 0. The fourth-order valence-corrected chi connectivity index (χ4v) is 1.06. The molecule has 0 bridgehead atoms. The van der Waals surface area contributed by atoms with Crippen LogP contribution in [0, 0.1) is 0 Å². The van der Waals surface area contributed by atoms with Crippen LogP contribution in [0.5, 0.6) is 0 Å². The average molecular weight is 220 g/mol. The number of aryl methyl sites for hydroxylation is 1. The van der Waals surface area contributed by atoms with Crippen LogP contribution in [0.25, 0.3) is 0 Å². The van der Waals surface area contributed by atoms with E-state index in [1.165, 1.54) is 23.1 Å². The van der Waals surface area contributed by atoms with Crippen molar-refractivity contribution in [3.8, 4) is 0 Å². The van der Waals surface area contributed by atoms with Crippen LogP contribution in [0.15, 0.2) is 23.1 Å². The van der Waals surface area contributed by atoms with Gasteiger partial charge in [0, 0.05) is 12.3 Å². The smallest absolute Gasteiger partial charge is 0.270 e. The third kappa shape index (κ3) is 2.11. The molecular weight excluding hydrogens is 212 g/mol. The molecule has 0 aliphatic rings. The molecule has 0 fully saturated rings. The van der Waals surface area contributed by atoms with Gasteiger partial charge in [0.25, 0.3) is 11.9 Å². The normalized spacial score (nSPS) is 10.1. The minimum absolute atomic E-state index is 0.110. The maximum atomic E-state index is 11.6. The molecular formula is C8H8N6O2. The molecule has 0 aromatic carbocycles. The number of pyridine rings is 1. The molecule has 0 saturated carbocycles. The highest BCUT2D eigenvalue weighted by atomic mass is 16.2. The number of H-pyrrole nitrogens is 1. The van der Waals surface area contributed by atoms with Crippen LogP contribution in [-0.4, -0.2) is 31.1 Å². The summed E-state index contributed by atoms with van der Waals surface area (Å²) in [5, 5.41) is 13.4. The summed E-state index contributed by atoms with van der Waals surface area (Å²) in [7, 11) is 1.59. The molecule has 2 aromatic rings. The van der Waals surface area contributed by atoms with Crippen LogP contribution in [0.2, 0.25) is 0 Å². The fraction of sp³-hybridized carbons (Fsp3) is 0.125. The summed E-state index contributed by atoms with van der Waals surface area (Å²) in [6, 6.07) is 2.67. The number of aromatic nitrogens is 5. The number of anilines is 1. The maximum Gasteiger partial charge on any atom is 0.270 e. The Kier molecular flexibility index (Phi) is 2.46. The highest BCUT2D eigenvalue weighted by molar-refractivity contribution is 6.02. The van der Waals surface area contributed by atoms with Crippen molar-refractivity contribution < 1.29 is 4.79 Å². The van der Waals surface area contributed by atoms with Crippen LogP contribution in [0.4, 0.5) is 5.95 Å². The zero-order valence-electron chi connectivity index (χ0n) is 8.34. The van der Waals surface area contributed by atoms with Gasteiger partial charge < -0.3 is 4.98 Å². The molecule has 0 saturated heterocycles. The molecule has 0 spiro atoms. The molecule has 82 valence electrons. The van der Waals surface area contributed by atoms with Gasteiger partial charge in [0.2, 0.25) is 5.56 Å². The first-order chi connectivity index (χ1) is 7.65. The Labute approximate surface area is 89.3 Å². The molecule has 0 atom stereocenters. The highest BCUT2D eigenvalue weighted by Crippen LogP contribution is 1.99. The van der Waals surface area contributed by atoms with Gasteiger partial charge >= 0.3 is 0 Å². The molecule has 1 amide bonds. The van der Waals surface area contributed by atoms with Crippen molar-refractivity contribution in [3.05, 3.63) is 34.2 Å². The van der Waals surface area contributed by atoms with Crippen molar-refractivity contribution in [2.45, 2.75) is 0 Å². The van der Waals surface area contributed by atoms with Crippen LogP contribution in [-0.2, 0) is 7.05 Å². The molecule has 8 nitrogen and oxygen atoms in total. The SMILES string of the molecule is Cn1nnc(NC(=O)c2ccc(=O)[nH]c2)n1. The third-order valence-electron chi connectivity index (χ3n) is 1.78. The monoisotopic (exact) mass is 220 g/mol. The molecule has 16 heavy (non-hydrogen) atoms. The molecule has 0 aliphatic carbocycles. The van der Waals surface area contributed by atoms with Gasteiger partial charge in [-0.25, -0.2) is 0 Å². The number of hydrogen-bond donors (Lipinski definition) is 2. The molecule has 2 N–H and O–H groups in total. The van der Waals surface area contributed by atoms with E-state index in [0.717, 1.165) is 0 Å². The summed E-state index contributed by atoms with van der Waals surface area (Å²) in [4.78, 5) is 26.0. The van der Waals surface area contributed by atoms with Gasteiger partial charge in [-0.05, 0) is 11.3 Å². The Morgan fingerprint density at radius 2 is 2.31 bits per heavy atom. The van der Waals surface area contributed by atoms with Crippen LogP contribution < -0.4 is 10.9 Å². The van der Waals surface area contributed by atoms with Gasteiger partial charge in [-0.3, -0.25) is 14.9 Å². The summed E-state index contributed by atoms with van der Waals surface area (Å²) in [6.07, 6.45) is 1.31. The first-order valence-electron chi connectivity index (χ1n) is 4.39. The van der Waals surface area contributed by atoms with Gasteiger partial charge in [-0.1, -0.05) is 5.10 Å². The lowest BCUT2D eigenvalue weighted by Crippen LogP contribution is -2.15. The van der Waals surface area contributed by atoms with E-state index in [9.17, 15) is 9.59 Å². The topological polar surface area (TPSA) is 106 Å². The number of nitrogens with zero attached hydrogens (tertiary/aromatic N) is 4. The zero-order valence-corrected chi connectivity index (χ0v) is 8.34. The number of carbonyl (C=O) groups is 1. The van der Waals surface area contributed by atoms with Crippen molar-refractivity contribution in [3.63, 3.8) is 0 Å². The predicted molar refractivity (Wildman–Crippen MR) is 53.8 cm³/mol. The van der Waals surface area contributed by atoms with Gasteiger partial charge in [0.05, 0.1) is 12.6 Å². The third-order valence-corrected chi connectivity index (χ3v) is 1.78. The van der Waals surface area contributed by atoms with E-state index in [1.54, 1.807) is 7.05 Å². The Bertz CT molecular complexity index is 551. The Morgan fingerprint density at radius 3 is 2.88 bits per heavy atom. The number of amides is 1. The van der Waals surface area contributed by atoms with E-state index >= 15 is 0 Å². The van der Waals surface area contributed by atoms with E-state index in [0.29, 0.717) is 5.56 Å². The molecule has 2 rings (SSSR count). The first kappa shape index (κ1) is 10.0. The van der Waals surface area contributed by atoms with Crippen molar-refractivity contribution in [1.82, 2.24) is 25.2 Å². The van der Waals surface area contributed by atoms with Gasteiger partial charge in [-0.15, -0.1) is 5.10 Å². The molecule has 2 heterocycles. The lowest BCUT2D eigenvalue weighted by Gasteiger charge is -1.98. The number of carbonyl (C=O) groups excluding carboxylic acids is 1. The van der Waals surface area contributed by atoms with Crippen molar-refractivity contribution in [2.24, 2.45) is 7.05 Å². The van der Waals surface area contributed by atoms with Crippen molar-refractivity contribution in [2.75, 3.05) is 5.32 Å². The van der Waals surface area contributed by atoms with Gasteiger partial charge in [0.15, 0.2) is 0 Å². The number of nitrogens with one attached hydrogen (secondary N) is 2. The van der Waals surface area contributed by atoms with Crippen molar-refractivity contribution >= 4 is 11.9 Å². The fourth-order valence-electron chi connectivity index (χ4n) is 1.06. The predicted octanol–water partition coefficient (Wildman–Crippen LogP) is -0.849. The number of hydrogen-bond acceptors (Lipinski definition) is 5. The number of tetrazole rings is 1. The second-order valence-electron chi connectivity index (χ2n) is 3.00. The van der Waals surface area contributed by atoms with Gasteiger partial charge in [-0.2, -0.15) is 4.80 Å². The zero-order chi connectivity index (χ0) is 11.5. The molecule has 0 aliphatic heterocycles. The lowest BCUT2D eigenvalue weighted by molar-refractivity contribution is 0.102. The van der Waals surface area contributed by atoms with Gasteiger partial charge in [0.1, 0.15) is 0 Å². The molecule has 0 radical (unpaired) electrons. The van der Waals surface area contributed by atoms with Crippen molar-refractivity contribution in [1.29, 1.82) is 0 Å². The second-order valence-corrected chi connectivity index (χ2v) is 3.00. The minimum atomic E-state index is -0.413. The highest BCUT2D eigenvalue weighted by Gasteiger charge is 2.08. The van der Waals surface area contributed by atoms with Crippen LogP contribution in [0.3, 0.4) is 0 Å². The maximum absolute atomic E-state index is 11.6. The average Bonchev–Trinajstić information content (AvgIpc) is 2.65. The van der Waals surface area contributed by atoms with Crippen LogP contribution in [0.1, 0.15) is 10.4 Å². The van der Waals surface area contributed by atoms with E-state index in [2.05, 4.69) is 25.7 Å². The van der Waals surface area contributed by atoms with E-state index in [-0.39, 0.29) is 11.5 Å². The standard InChI is InChI=1S/C8H8N6O2/c1-14-12-8(11-13-14)10-7(16)5-2-3-6(15)9-4-5/h2-4H,1H3,(H,9,15)(H,10,12,16). The van der Waals surface area contributed by atoms with E-state index in [1.807, 2.05) is 0 Å². The quantitative estimate of drug-likeness (QED) is 0.685. The minimum Gasteiger partial charge on any atom is -0.328 e. The molecule has 8 heteroatoms. The molecule has 2 aromatic heterocycles. The van der Waals surface area contributed by atoms with Crippen LogP contribution >= 0.6 is 0 Å². The largest absolute Gasteiger partial charge is 0.328 e. The summed E-state index contributed by atoms with van der Waals surface area (Å²) in [5.41, 5.74) is 0.0428. The lowest BCUT2D eigenvalue weighted by atomic mass is 10.3. The Morgan fingerprint density at radius 1 is 1.50 bits per heavy atom. The van der Waals surface area contributed by atoms with E-state index < -0.39 is 5.91 Å². The summed E-state index contributed by atoms with van der Waals surface area (Å²) in [6.45, 7) is 0.